The monoisotopic (exact) mass is 449 g/mol. The van der Waals surface area contributed by atoms with E-state index in [4.69, 9.17) is 9.47 Å². The predicted octanol–water partition coefficient (Wildman–Crippen LogP) is 4.98. The molecule has 2 aromatic rings. The fourth-order valence-electron chi connectivity index (χ4n) is 3.37. The lowest BCUT2D eigenvalue weighted by molar-refractivity contribution is -0.129. The second-order valence-corrected chi connectivity index (χ2v) is 8.86. The molecule has 6 heteroatoms. The minimum Gasteiger partial charge on any atom is -0.493 e. The molecule has 144 valence electrons. The average molecular weight is 450 g/mol. The molecular weight excluding hydrogens is 426 g/mol. The lowest BCUT2D eigenvalue weighted by atomic mass is 10.1. The Hall–Kier alpha value is -1.66. The van der Waals surface area contributed by atoms with E-state index in [-0.39, 0.29) is 16.5 Å². The van der Waals surface area contributed by atoms with Gasteiger partial charge in [-0.2, -0.15) is 0 Å². The first-order valence-electron chi connectivity index (χ1n) is 8.88. The van der Waals surface area contributed by atoms with Crippen molar-refractivity contribution in [3.63, 3.8) is 0 Å². The van der Waals surface area contributed by atoms with Gasteiger partial charge in [0.05, 0.1) is 23.9 Å². The van der Waals surface area contributed by atoms with Crippen LogP contribution in [0.2, 0.25) is 0 Å². The summed E-state index contributed by atoms with van der Waals surface area (Å²) >= 11 is 5.24. The minimum atomic E-state index is -0.0567. The van der Waals surface area contributed by atoms with Crippen LogP contribution in [0, 0.1) is 6.92 Å². The number of amides is 1. The summed E-state index contributed by atoms with van der Waals surface area (Å²) in [6.07, 6.45) is 0.844. The number of benzene rings is 2. The molecule has 0 bridgehead atoms. The first kappa shape index (κ1) is 20.1. The lowest BCUT2D eigenvalue weighted by Gasteiger charge is -2.25. The van der Waals surface area contributed by atoms with Crippen molar-refractivity contribution in [1.29, 1.82) is 0 Å². The highest BCUT2D eigenvalue weighted by Gasteiger charge is 2.38. The zero-order valence-electron chi connectivity index (χ0n) is 16.0. The molecule has 0 radical (unpaired) electrons. The maximum atomic E-state index is 12.8. The van der Waals surface area contributed by atoms with Gasteiger partial charge >= 0.3 is 0 Å². The molecular formula is C21H24BrNO3S. The summed E-state index contributed by atoms with van der Waals surface area (Å²) in [5.41, 5.74) is 3.57. The summed E-state index contributed by atoms with van der Waals surface area (Å²) in [6, 6.07) is 12.3. The summed E-state index contributed by atoms with van der Waals surface area (Å²) in [4.78, 5) is 14.8. The Kier molecular flexibility index (Phi) is 6.37. The van der Waals surface area contributed by atoms with Crippen LogP contribution in [0.25, 0.3) is 0 Å². The molecule has 2 atom stereocenters. The van der Waals surface area contributed by atoms with Gasteiger partial charge in [0.15, 0.2) is 11.5 Å². The molecule has 2 aromatic carbocycles. The number of carbonyl (C=O) groups is 1. The molecule has 4 nitrogen and oxygen atoms in total. The van der Waals surface area contributed by atoms with Crippen molar-refractivity contribution in [3.8, 4) is 11.5 Å². The third-order valence-electron chi connectivity index (χ3n) is 4.87. The fraction of sp³-hybridized carbons (Fsp3) is 0.381. The molecule has 1 aliphatic heterocycles. The zero-order chi connectivity index (χ0) is 19.6. The van der Waals surface area contributed by atoms with Crippen molar-refractivity contribution < 1.29 is 14.3 Å². The smallest absolute Gasteiger partial charge is 0.236 e. The van der Waals surface area contributed by atoms with Crippen LogP contribution in [-0.2, 0) is 11.2 Å². The number of rotatable bonds is 6. The van der Waals surface area contributed by atoms with Gasteiger partial charge in [-0.25, -0.2) is 0 Å². The van der Waals surface area contributed by atoms with Crippen LogP contribution < -0.4 is 9.47 Å². The maximum Gasteiger partial charge on any atom is 0.236 e. The van der Waals surface area contributed by atoms with Crippen molar-refractivity contribution in [2.45, 2.75) is 30.9 Å². The molecule has 27 heavy (non-hydrogen) atoms. The van der Waals surface area contributed by atoms with Crippen LogP contribution in [-0.4, -0.2) is 36.8 Å². The van der Waals surface area contributed by atoms with Crippen LogP contribution in [0.15, 0.2) is 40.9 Å². The van der Waals surface area contributed by atoms with Gasteiger partial charge in [-0.05, 0) is 65.0 Å². The van der Waals surface area contributed by atoms with Gasteiger partial charge in [-0.1, -0.05) is 24.3 Å². The Labute approximate surface area is 173 Å². The molecule has 1 aliphatic rings. The number of halogens is 1. The molecule has 0 spiro atoms. The number of carbonyl (C=O) groups excluding carboxylic acids is 1. The SMILES string of the molecule is COc1cc([C@@H]2S[C@@H](C)C(=O)N2CCc2ccccc2C)cc(Br)c1OC. The van der Waals surface area contributed by atoms with Crippen LogP contribution in [0.4, 0.5) is 0 Å². The van der Waals surface area contributed by atoms with Crippen molar-refractivity contribution in [2.75, 3.05) is 20.8 Å². The first-order valence-corrected chi connectivity index (χ1v) is 10.6. The number of thioether (sulfide) groups is 1. The number of methoxy groups -OCH3 is 2. The normalized spacial score (nSPS) is 19.4. The molecule has 0 aromatic heterocycles. The van der Waals surface area contributed by atoms with Crippen molar-refractivity contribution in [2.24, 2.45) is 0 Å². The largest absolute Gasteiger partial charge is 0.493 e. The number of hydrogen-bond donors (Lipinski definition) is 0. The number of ether oxygens (including phenoxy) is 2. The van der Waals surface area contributed by atoms with E-state index in [1.165, 1.54) is 11.1 Å². The Balaban J connectivity index is 1.88. The van der Waals surface area contributed by atoms with E-state index >= 15 is 0 Å². The van der Waals surface area contributed by atoms with Crippen molar-refractivity contribution in [1.82, 2.24) is 4.90 Å². The zero-order valence-corrected chi connectivity index (χ0v) is 18.4. The number of aryl methyl sites for hydroxylation is 1. The second-order valence-electron chi connectivity index (χ2n) is 6.58. The molecule has 0 N–H and O–H groups in total. The standard InChI is InChI=1S/C21H24BrNO3S/c1-13-7-5-6-8-15(13)9-10-23-20(24)14(2)27-21(23)16-11-17(22)19(26-4)18(12-16)25-3/h5-8,11-12,14,21H,9-10H2,1-4H3/t14-,21-/m0/s1. The number of hydrogen-bond acceptors (Lipinski definition) is 4. The Morgan fingerprint density at radius 2 is 1.93 bits per heavy atom. The van der Waals surface area contributed by atoms with Crippen LogP contribution in [0.3, 0.4) is 0 Å². The quantitative estimate of drug-likeness (QED) is 0.623. The van der Waals surface area contributed by atoms with Crippen molar-refractivity contribution >= 4 is 33.6 Å². The molecule has 3 rings (SSSR count). The van der Waals surface area contributed by atoms with Gasteiger partial charge in [0.2, 0.25) is 5.91 Å². The van der Waals surface area contributed by atoms with Gasteiger partial charge in [-0.3, -0.25) is 4.79 Å². The van der Waals surface area contributed by atoms with Crippen LogP contribution in [0.1, 0.15) is 29.0 Å². The van der Waals surface area contributed by atoms with E-state index in [9.17, 15) is 4.79 Å². The molecule has 0 saturated carbocycles. The highest BCUT2D eigenvalue weighted by molar-refractivity contribution is 9.10. The van der Waals surface area contributed by atoms with Gasteiger partial charge in [-0.15, -0.1) is 11.8 Å². The minimum absolute atomic E-state index is 0.0346. The first-order chi connectivity index (χ1) is 13.0. The molecule has 1 amide bonds. The van der Waals surface area contributed by atoms with Gasteiger partial charge in [0, 0.05) is 6.54 Å². The van der Waals surface area contributed by atoms with E-state index < -0.39 is 0 Å². The van der Waals surface area contributed by atoms with Gasteiger partial charge in [0.1, 0.15) is 5.37 Å². The predicted molar refractivity (Wildman–Crippen MR) is 114 cm³/mol. The van der Waals surface area contributed by atoms with E-state index in [1.807, 2.05) is 30.0 Å². The highest BCUT2D eigenvalue weighted by Crippen LogP contribution is 2.46. The highest BCUT2D eigenvalue weighted by atomic mass is 79.9. The summed E-state index contributed by atoms with van der Waals surface area (Å²) in [5.74, 6) is 1.51. The third-order valence-corrected chi connectivity index (χ3v) is 6.85. The molecule has 1 fully saturated rings. The lowest BCUT2D eigenvalue weighted by Crippen LogP contribution is -2.32. The van der Waals surface area contributed by atoms with E-state index in [0.717, 1.165) is 16.5 Å². The molecule has 0 aliphatic carbocycles. The third kappa shape index (κ3) is 4.11. The fourth-order valence-corrected chi connectivity index (χ4v) is 5.28. The Morgan fingerprint density at radius 3 is 2.59 bits per heavy atom. The average Bonchev–Trinajstić information content (AvgIpc) is 2.94. The van der Waals surface area contributed by atoms with E-state index in [0.29, 0.717) is 18.0 Å². The molecule has 1 saturated heterocycles. The summed E-state index contributed by atoms with van der Waals surface area (Å²) in [5, 5.41) is -0.0913. The van der Waals surface area contributed by atoms with Gasteiger partial charge < -0.3 is 14.4 Å². The van der Waals surface area contributed by atoms with Crippen LogP contribution >= 0.6 is 27.7 Å². The molecule has 0 unspecified atom stereocenters. The second kappa shape index (κ2) is 8.57. The Bertz CT molecular complexity index is 842. The Morgan fingerprint density at radius 1 is 1.19 bits per heavy atom. The molecule has 1 heterocycles. The van der Waals surface area contributed by atoms with E-state index in [1.54, 1.807) is 26.0 Å². The van der Waals surface area contributed by atoms with Crippen molar-refractivity contribution in [3.05, 3.63) is 57.6 Å². The summed E-state index contributed by atoms with van der Waals surface area (Å²) in [6.45, 7) is 4.78. The van der Waals surface area contributed by atoms with E-state index in [2.05, 4.69) is 41.1 Å². The summed E-state index contributed by atoms with van der Waals surface area (Å²) in [7, 11) is 3.24. The van der Waals surface area contributed by atoms with Crippen LogP contribution in [0.5, 0.6) is 11.5 Å². The number of nitrogens with zero attached hydrogens (tertiary/aromatic N) is 1. The maximum absolute atomic E-state index is 12.8. The summed E-state index contributed by atoms with van der Waals surface area (Å²) < 4.78 is 11.7. The van der Waals surface area contributed by atoms with Gasteiger partial charge in [0.25, 0.3) is 0 Å². The topological polar surface area (TPSA) is 38.8 Å².